The highest BCUT2D eigenvalue weighted by molar-refractivity contribution is 6.30. The summed E-state index contributed by atoms with van der Waals surface area (Å²) in [7, 11) is 0. The van der Waals surface area contributed by atoms with Gasteiger partial charge in [0.2, 0.25) is 0 Å². The predicted octanol–water partition coefficient (Wildman–Crippen LogP) is 3.30. The Bertz CT molecular complexity index is 808. The molecule has 2 aromatic heterocycles. The minimum Gasteiger partial charge on any atom is -0.508 e. The number of carbonyl (C=O) groups excluding carboxylic acids is 1. The van der Waals surface area contributed by atoms with Crippen LogP contribution in [-0.2, 0) is 6.42 Å². The molecule has 3 rings (SSSR count). The summed E-state index contributed by atoms with van der Waals surface area (Å²) in [5.74, 6) is 0.317. The summed E-state index contributed by atoms with van der Waals surface area (Å²) >= 11 is 5.99. The van der Waals surface area contributed by atoms with Gasteiger partial charge >= 0.3 is 0 Å². The number of imidazole rings is 1. The van der Waals surface area contributed by atoms with Gasteiger partial charge in [-0.15, -0.1) is 0 Å². The van der Waals surface area contributed by atoms with Crippen molar-refractivity contribution < 1.29 is 9.90 Å². The Labute approximate surface area is 139 Å². The summed E-state index contributed by atoms with van der Waals surface area (Å²) in [6.07, 6.45) is 8.47. The Kier molecular flexibility index (Phi) is 4.39. The van der Waals surface area contributed by atoms with Crippen LogP contribution in [0, 0.1) is 5.92 Å². The highest BCUT2D eigenvalue weighted by Crippen LogP contribution is 2.18. The summed E-state index contributed by atoms with van der Waals surface area (Å²) in [5, 5.41) is 12.9. The third-order valence-corrected chi connectivity index (χ3v) is 4.14. The molecule has 1 atom stereocenters. The minimum absolute atomic E-state index is 0.149. The molecule has 1 amide bonds. The number of rotatable bonds is 4. The maximum atomic E-state index is 12.6. The van der Waals surface area contributed by atoms with Crippen molar-refractivity contribution in [2.75, 3.05) is 6.54 Å². The molecule has 1 aliphatic rings. The summed E-state index contributed by atoms with van der Waals surface area (Å²) in [6.45, 7) is 2.49. The number of nitrogens with zero attached hydrogens (tertiary/aromatic N) is 2. The molecular weight excluding hydrogens is 314 g/mol. The van der Waals surface area contributed by atoms with Crippen LogP contribution in [0.4, 0.5) is 0 Å². The Morgan fingerprint density at radius 1 is 1.57 bits per heavy atom. The van der Waals surface area contributed by atoms with Crippen LogP contribution in [0.2, 0.25) is 5.02 Å². The number of aliphatic hydroxyl groups excluding tert-OH is 1. The van der Waals surface area contributed by atoms with Crippen molar-refractivity contribution in [3.8, 4) is 0 Å². The van der Waals surface area contributed by atoms with Gasteiger partial charge in [0.25, 0.3) is 5.91 Å². The van der Waals surface area contributed by atoms with Crippen molar-refractivity contribution in [2.24, 2.45) is 5.92 Å². The van der Waals surface area contributed by atoms with Gasteiger partial charge in [-0.1, -0.05) is 24.6 Å². The number of aryl methyl sites for hydroxylation is 1. The molecule has 2 N–H and O–H groups in total. The van der Waals surface area contributed by atoms with Crippen molar-refractivity contribution in [1.82, 2.24) is 14.7 Å². The van der Waals surface area contributed by atoms with Crippen molar-refractivity contribution in [1.29, 1.82) is 0 Å². The number of halogens is 1. The van der Waals surface area contributed by atoms with Crippen LogP contribution < -0.4 is 5.32 Å². The largest absolute Gasteiger partial charge is 0.508 e. The molecule has 5 nitrogen and oxygen atoms in total. The summed E-state index contributed by atoms with van der Waals surface area (Å²) in [5.41, 5.74) is 1.98. The van der Waals surface area contributed by atoms with E-state index in [2.05, 4.69) is 10.3 Å². The molecule has 0 radical (unpaired) electrons. The number of hydrogen-bond donors (Lipinski definition) is 2. The lowest BCUT2D eigenvalue weighted by atomic mass is 10.00. The van der Waals surface area contributed by atoms with E-state index in [1.807, 2.05) is 13.0 Å². The molecule has 2 heterocycles. The predicted molar refractivity (Wildman–Crippen MR) is 89.9 cm³/mol. The molecule has 23 heavy (non-hydrogen) atoms. The van der Waals surface area contributed by atoms with E-state index in [0.29, 0.717) is 35.8 Å². The first-order chi connectivity index (χ1) is 11.1. The first kappa shape index (κ1) is 15.6. The lowest BCUT2D eigenvalue weighted by Crippen LogP contribution is -2.30. The highest BCUT2D eigenvalue weighted by Gasteiger charge is 2.19. The van der Waals surface area contributed by atoms with E-state index in [9.17, 15) is 9.90 Å². The van der Waals surface area contributed by atoms with E-state index in [4.69, 9.17) is 11.6 Å². The van der Waals surface area contributed by atoms with E-state index >= 15 is 0 Å². The Morgan fingerprint density at radius 3 is 3.09 bits per heavy atom. The molecule has 0 saturated carbocycles. The number of amides is 1. The van der Waals surface area contributed by atoms with Gasteiger partial charge in [-0.3, -0.25) is 9.20 Å². The average Bonchev–Trinajstić information content (AvgIpc) is 2.91. The molecule has 0 bridgehead atoms. The van der Waals surface area contributed by atoms with Gasteiger partial charge in [0.15, 0.2) is 0 Å². The molecular formula is C17H18ClN3O2. The van der Waals surface area contributed by atoms with Gasteiger partial charge in [0.1, 0.15) is 17.1 Å². The second-order valence-corrected chi connectivity index (χ2v) is 5.96. The average molecular weight is 332 g/mol. The number of carbonyl (C=O) groups is 1. The summed E-state index contributed by atoms with van der Waals surface area (Å²) in [6, 6.07) is 3.48. The van der Waals surface area contributed by atoms with Crippen LogP contribution in [0.1, 0.15) is 29.5 Å². The maximum Gasteiger partial charge on any atom is 0.270 e. The molecule has 0 aliphatic heterocycles. The maximum absolute atomic E-state index is 12.6. The fourth-order valence-corrected chi connectivity index (χ4v) is 2.82. The fraction of sp³-hybridized carbons (Fsp3) is 0.294. The SMILES string of the molecule is CCc1nc2cc(Cl)ccn2c1C(=O)NCC1C=CC(O)=CC1. The summed E-state index contributed by atoms with van der Waals surface area (Å²) < 4.78 is 1.77. The molecule has 0 fully saturated rings. The molecule has 6 heteroatoms. The van der Waals surface area contributed by atoms with Gasteiger partial charge in [0, 0.05) is 23.8 Å². The Morgan fingerprint density at radius 2 is 2.39 bits per heavy atom. The lowest BCUT2D eigenvalue weighted by molar-refractivity contribution is 0.0943. The van der Waals surface area contributed by atoms with Crippen molar-refractivity contribution in [2.45, 2.75) is 19.8 Å². The zero-order valence-electron chi connectivity index (χ0n) is 12.8. The second-order valence-electron chi connectivity index (χ2n) is 5.53. The monoisotopic (exact) mass is 331 g/mol. The van der Waals surface area contributed by atoms with E-state index < -0.39 is 0 Å². The zero-order valence-corrected chi connectivity index (χ0v) is 13.5. The van der Waals surface area contributed by atoms with Crippen LogP contribution in [0.5, 0.6) is 0 Å². The highest BCUT2D eigenvalue weighted by atomic mass is 35.5. The first-order valence-electron chi connectivity index (χ1n) is 7.60. The number of hydrogen-bond acceptors (Lipinski definition) is 3. The standard InChI is InChI=1S/C17H18ClN3O2/c1-2-14-16(21-8-7-12(18)9-15(21)20-14)17(23)19-10-11-3-5-13(22)6-4-11/h3,5-9,11,22H,2,4,10H2,1H3,(H,19,23). The topological polar surface area (TPSA) is 66.6 Å². The smallest absolute Gasteiger partial charge is 0.270 e. The number of nitrogens with one attached hydrogen (secondary N) is 1. The molecule has 1 unspecified atom stereocenters. The minimum atomic E-state index is -0.149. The fourth-order valence-electron chi connectivity index (χ4n) is 2.67. The van der Waals surface area contributed by atoms with Gasteiger partial charge < -0.3 is 10.4 Å². The van der Waals surface area contributed by atoms with E-state index in [-0.39, 0.29) is 17.6 Å². The van der Waals surface area contributed by atoms with Crippen LogP contribution >= 0.6 is 11.6 Å². The van der Waals surface area contributed by atoms with Gasteiger partial charge in [0.05, 0.1) is 5.69 Å². The van der Waals surface area contributed by atoms with Crippen molar-refractivity contribution >= 4 is 23.2 Å². The van der Waals surface area contributed by atoms with E-state index in [1.165, 1.54) is 0 Å². The van der Waals surface area contributed by atoms with Gasteiger partial charge in [-0.25, -0.2) is 4.98 Å². The van der Waals surface area contributed by atoms with E-state index in [1.54, 1.807) is 34.9 Å². The number of fused-ring (bicyclic) bond motifs is 1. The second kappa shape index (κ2) is 6.46. The van der Waals surface area contributed by atoms with Crippen molar-refractivity contribution in [3.05, 3.63) is 58.7 Å². The van der Waals surface area contributed by atoms with Crippen LogP contribution in [0.3, 0.4) is 0 Å². The molecule has 0 spiro atoms. The summed E-state index contributed by atoms with van der Waals surface area (Å²) in [4.78, 5) is 17.1. The van der Waals surface area contributed by atoms with Gasteiger partial charge in [-0.05, 0) is 37.0 Å². The number of allylic oxidation sites excluding steroid dienone is 2. The number of aromatic nitrogens is 2. The first-order valence-corrected chi connectivity index (χ1v) is 7.98. The van der Waals surface area contributed by atoms with Crippen molar-refractivity contribution in [3.63, 3.8) is 0 Å². The third kappa shape index (κ3) is 3.24. The lowest BCUT2D eigenvalue weighted by Gasteiger charge is -2.15. The molecule has 2 aromatic rings. The van der Waals surface area contributed by atoms with Gasteiger partial charge in [-0.2, -0.15) is 0 Å². The Hall–Kier alpha value is -2.27. The number of pyridine rings is 1. The van der Waals surface area contributed by atoms with Crippen LogP contribution in [-0.4, -0.2) is 26.9 Å². The molecule has 1 aliphatic carbocycles. The number of aliphatic hydroxyl groups is 1. The zero-order chi connectivity index (χ0) is 16.4. The quantitative estimate of drug-likeness (QED) is 0.903. The molecule has 0 saturated heterocycles. The van der Waals surface area contributed by atoms with Crippen LogP contribution in [0.25, 0.3) is 5.65 Å². The Balaban J connectivity index is 1.79. The van der Waals surface area contributed by atoms with E-state index in [0.717, 1.165) is 5.69 Å². The normalized spacial score (nSPS) is 17.3. The molecule has 120 valence electrons. The molecule has 0 aromatic carbocycles. The van der Waals surface area contributed by atoms with Crippen LogP contribution in [0.15, 0.2) is 42.3 Å². The third-order valence-electron chi connectivity index (χ3n) is 3.90.